The highest BCUT2D eigenvalue weighted by Crippen LogP contribution is 2.17. The van der Waals surface area contributed by atoms with Crippen LogP contribution in [0, 0.1) is 0 Å². The molecule has 22 heavy (non-hydrogen) atoms. The van der Waals surface area contributed by atoms with Gasteiger partial charge in [0, 0.05) is 19.6 Å². The van der Waals surface area contributed by atoms with Crippen molar-refractivity contribution >= 4 is 5.91 Å². The number of unbranched alkanes of at least 4 members (excludes halogenated alkanes) is 4. The molecule has 0 spiro atoms. The van der Waals surface area contributed by atoms with Gasteiger partial charge < -0.3 is 14.1 Å². The predicted octanol–water partition coefficient (Wildman–Crippen LogP) is 4.15. The normalized spacial score (nSPS) is 17.8. The molecule has 0 aliphatic carbocycles. The second-order valence-corrected chi connectivity index (χ2v) is 6.15. The lowest BCUT2D eigenvalue weighted by Crippen LogP contribution is -2.36. The summed E-state index contributed by atoms with van der Waals surface area (Å²) in [6.45, 7) is 4.28. The quantitative estimate of drug-likeness (QED) is 0.610. The zero-order valence-corrected chi connectivity index (χ0v) is 13.8. The van der Waals surface area contributed by atoms with Crippen LogP contribution < -0.4 is 0 Å². The molecule has 0 N–H and O–H groups in total. The maximum Gasteiger partial charge on any atom is 0.223 e. The molecule has 0 aromatic carbocycles. The largest absolute Gasteiger partial charge is 0.467 e. The zero-order chi connectivity index (χ0) is 15.6. The van der Waals surface area contributed by atoms with Gasteiger partial charge in [0.1, 0.15) is 5.76 Å². The van der Waals surface area contributed by atoms with Crippen LogP contribution >= 0.6 is 0 Å². The van der Waals surface area contributed by atoms with Gasteiger partial charge in [-0.2, -0.15) is 0 Å². The van der Waals surface area contributed by atoms with Crippen LogP contribution in [0.15, 0.2) is 22.8 Å². The molecule has 0 radical (unpaired) electrons. The Balaban J connectivity index is 1.80. The number of hydrogen-bond acceptors (Lipinski definition) is 3. The van der Waals surface area contributed by atoms with E-state index in [1.807, 2.05) is 17.0 Å². The number of carbonyl (C=O) groups excluding carboxylic acids is 1. The molecule has 0 saturated carbocycles. The maximum atomic E-state index is 12.5. The lowest BCUT2D eigenvalue weighted by Gasteiger charge is -2.24. The van der Waals surface area contributed by atoms with E-state index < -0.39 is 0 Å². The fourth-order valence-corrected chi connectivity index (χ4v) is 2.92. The molecule has 1 atom stereocenters. The SMILES string of the molecule is CCCCCCCC(=O)N(Cc1ccco1)CC1CCCO1. The maximum absolute atomic E-state index is 12.5. The molecule has 0 bridgehead atoms. The van der Waals surface area contributed by atoms with Gasteiger partial charge in [-0.15, -0.1) is 0 Å². The molecule has 1 aliphatic rings. The Morgan fingerprint density at radius 1 is 1.32 bits per heavy atom. The summed E-state index contributed by atoms with van der Waals surface area (Å²) in [5.74, 6) is 1.07. The van der Waals surface area contributed by atoms with Gasteiger partial charge in [-0.3, -0.25) is 4.79 Å². The second-order valence-electron chi connectivity index (χ2n) is 6.15. The van der Waals surface area contributed by atoms with Gasteiger partial charge in [-0.1, -0.05) is 32.6 Å². The standard InChI is InChI=1S/C18H29NO3/c1-2-3-4-5-6-11-18(20)19(14-16-9-7-12-21-16)15-17-10-8-13-22-17/h7,9,12,17H,2-6,8,10-11,13-15H2,1H3. The van der Waals surface area contributed by atoms with Gasteiger partial charge in [0.15, 0.2) is 0 Å². The topological polar surface area (TPSA) is 42.7 Å². The van der Waals surface area contributed by atoms with E-state index in [0.717, 1.165) is 38.1 Å². The molecule has 4 heteroatoms. The summed E-state index contributed by atoms with van der Waals surface area (Å²) >= 11 is 0. The number of rotatable bonds is 10. The van der Waals surface area contributed by atoms with Gasteiger partial charge in [-0.05, 0) is 31.4 Å². The third-order valence-corrected chi connectivity index (χ3v) is 4.22. The van der Waals surface area contributed by atoms with Crippen molar-refractivity contribution < 1.29 is 13.9 Å². The number of ether oxygens (including phenoxy) is 1. The van der Waals surface area contributed by atoms with E-state index >= 15 is 0 Å². The van der Waals surface area contributed by atoms with E-state index in [-0.39, 0.29) is 12.0 Å². The van der Waals surface area contributed by atoms with Crippen molar-refractivity contribution in [2.45, 2.75) is 70.9 Å². The van der Waals surface area contributed by atoms with E-state index in [1.54, 1.807) is 6.26 Å². The fraction of sp³-hybridized carbons (Fsp3) is 0.722. The minimum atomic E-state index is 0.194. The third kappa shape index (κ3) is 5.84. The van der Waals surface area contributed by atoms with Gasteiger partial charge in [0.2, 0.25) is 5.91 Å². The summed E-state index contributed by atoms with van der Waals surface area (Å²) in [6, 6.07) is 3.80. The molecular weight excluding hydrogens is 278 g/mol. The van der Waals surface area contributed by atoms with E-state index in [0.29, 0.717) is 19.5 Å². The van der Waals surface area contributed by atoms with Crippen LogP contribution in [-0.4, -0.2) is 30.1 Å². The van der Waals surface area contributed by atoms with Crippen LogP contribution in [0.25, 0.3) is 0 Å². The number of carbonyl (C=O) groups is 1. The van der Waals surface area contributed by atoms with E-state index in [9.17, 15) is 4.79 Å². The summed E-state index contributed by atoms with van der Waals surface area (Å²) in [7, 11) is 0. The predicted molar refractivity (Wildman–Crippen MR) is 86.5 cm³/mol. The first-order chi connectivity index (χ1) is 10.8. The lowest BCUT2D eigenvalue weighted by atomic mass is 10.1. The van der Waals surface area contributed by atoms with Crippen molar-refractivity contribution in [3.63, 3.8) is 0 Å². The Morgan fingerprint density at radius 3 is 2.86 bits per heavy atom. The van der Waals surface area contributed by atoms with E-state index in [4.69, 9.17) is 9.15 Å². The molecule has 1 aromatic heterocycles. The third-order valence-electron chi connectivity index (χ3n) is 4.22. The highest BCUT2D eigenvalue weighted by molar-refractivity contribution is 5.76. The summed E-state index contributed by atoms with van der Waals surface area (Å²) < 4.78 is 11.1. The lowest BCUT2D eigenvalue weighted by molar-refractivity contribution is -0.133. The van der Waals surface area contributed by atoms with Crippen LogP contribution in [0.4, 0.5) is 0 Å². The molecule has 124 valence electrons. The van der Waals surface area contributed by atoms with Crippen molar-refractivity contribution in [2.24, 2.45) is 0 Å². The minimum Gasteiger partial charge on any atom is -0.467 e. The smallest absolute Gasteiger partial charge is 0.223 e. The molecule has 1 fully saturated rings. The summed E-state index contributed by atoms with van der Waals surface area (Å²) in [4.78, 5) is 14.4. The number of furan rings is 1. The fourth-order valence-electron chi connectivity index (χ4n) is 2.92. The van der Waals surface area contributed by atoms with Gasteiger partial charge >= 0.3 is 0 Å². The molecule has 1 amide bonds. The van der Waals surface area contributed by atoms with Crippen molar-refractivity contribution in [2.75, 3.05) is 13.2 Å². The first-order valence-corrected chi connectivity index (χ1v) is 8.71. The van der Waals surface area contributed by atoms with Gasteiger partial charge in [-0.25, -0.2) is 0 Å². The van der Waals surface area contributed by atoms with Gasteiger partial charge in [0.25, 0.3) is 0 Å². The molecule has 2 heterocycles. The average molecular weight is 307 g/mol. The Kier molecular flexibility index (Phi) is 7.50. The second kappa shape index (κ2) is 9.67. The highest BCUT2D eigenvalue weighted by Gasteiger charge is 2.23. The van der Waals surface area contributed by atoms with Gasteiger partial charge in [0.05, 0.1) is 18.9 Å². The van der Waals surface area contributed by atoms with Crippen LogP contribution in [0.5, 0.6) is 0 Å². The average Bonchev–Trinajstić information content (AvgIpc) is 3.20. The van der Waals surface area contributed by atoms with Crippen LogP contribution in [0.1, 0.15) is 64.1 Å². The molecule has 1 aliphatic heterocycles. The monoisotopic (exact) mass is 307 g/mol. The van der Waals surface area contributed by atoms with Crippen LogP contribution in [0.2, 0.25) is 0 Å². The summed E-state index contributed by atoms with van der Waals surface area (Å²) in [5, 5.41) is 0. The summed E-state index contributed by atoms with van der Waals surface area (Å²) in [5.41, 5.74) is 0. The zero-order valence-electron chi connectivity index (χ0n) is 13.8. The van der Waals surface area contributed by atoms with Crippen molar-refractivity contribution in [1.29, 1.82) is 0 Å². The Bertz CT molecular complexity index is 410. The number of hydrogen-bond donors (Lipinski definition) is 0. The van der Waals surface area contributed by atoms with E-state index in [2.05, 4.69) is 6.92 Å². The molecule has 4 nitrogen and oxygen atoms in total. The van der Waals surface area contributed by atoms with Crippen LogP contribution in [0.3, 0.4) is 0 Å². The van der Waals surface area contributed by atoms with Crippen molar-refractivity contribution in [3.05, 3.63) is 24.2 Å². The van der Waals surface area contributed by atoms with E-state index in [1.165, 1.54) is 19.3 Å². The summed E-state index contributed by atoms with van der Waals surface area (Å²) in [6.07, 6.45) is 10.5. The van der Waals surface area contributed by atoms with Crippen molar-refractivity contribution in [3.8, 4) is 0 Å². The van der Waals surface area contributed by atoms with Crippen LogP contribution in [-0.2, 0) is 16.1 Å². The molecule has 2 rings (SSSR count). The molecular formula is C18H29NO3. The minimum absolute atomic E-state index is 0.194. The molecule has 1 saturated heterocycles. The Labute approximate surface area is 133 Å². The highest BCUT2D eigenvalue weighted by atomic mass is 16.5. The Hall–Kier alpha value is -1.29. The first kappa shape index (κ1) is 17.1. The molecule has 1 unspecified atom stereocenters. The van der Waals surface area contributed by atoms with Crippen molar-refractivity contribution in [1.82, 2.24) is 4.90 Å². The first-order valence-electron chi connectivity index (χ1n) is 8.71. The number of nitrogens with zero attached hydrogens (tertiary/aromatic N) is 1. The number of amides is 1. The molecule has 1 aromatic rings. The Morgan fingerprint density at radius 2 is 2.18 bits per heavy atom.